The van der Waals surface area contributed by atoms with Gasteiger partial charge in [0.2, 0.25) is 11.9 Å². The van der Waals surface area contributed by atoms with E-state index in [4.69, 9.17) is 4.99 Å². The number of amides is 2. The number of hydrogen-bond donors (Lipinski definition) is 2. The average molecular weight is 494 g/mol. The minimum Gasteiger partial charge on any atom is -0.352 e. The van der Waals surface area contributed by atoms with E-state index in [2.05, 4.69) is 47.7 Å². The molecule has 2 aliphatic heterocycles. The van der Waals surface area contributed by atoms with Crippen LogP contribution >= 0.6 is 0 Å². The molecule has 0 spiro atoms. The molecule has 1 atom stereocenters. The predicted octanol–water partition coefficient (Wildman–Crippen LogP) is 4.53. The monoisotopic (exact) mass is 493 g/mol. The molecule has 2 heterocycles. The molecule has 3 aromatic rings. The molecule has 0 bridgehead atoms. The summed E-state index contributed by atoms with van der Waals surface area (Å²) < 4.78 is 0. The summed E-state index contributed by atoms with van der Waals surface area (Å²) >= 11 is 0. The number of para-hydroxylation sites is 1. The Hall–Kier alpha value is -4.26. The molecule has 7 heteroatoms. The Balaban J connectivity index is 1.23. The Morgan fingerprint density at radius 1 is 1.03 bits per heavy atom. The molecule has 0 saturated heterocycles. The Morgan fingerprint density at radius 2 is 1.81 bits per heavy atom. The fourth-order valence-corrected chi connectivity index (χ4v) is 4.71. The number of fused-ring (bicyclic) bond motifs is 3. The molecule has 3 aromatic carbocycles. The molecule has 0 saturated carbocycles. The van der Waals surface area contributed by atoms with E-state index in [9.17, 15) is 9.59 Å². The van der Waals surface area contributed by atoms with Crippen LogP contribution in [-0.2, 0) is 11.2 Å². The molecule has 5 rings (SSSR count). The van der Waals surface area contributed by atoms with Gasteiger partial charge in [-0.15, -0.1) is 0 Å². The topological polar surface area (TPSA) is 86.2 Å². The van der Waals surface area contributed by atoms with Gasteiger partial charge < -0.3 is 15.5 Å². The van der Waals surface area contributed by atoms with Gasteiger partial charge in [-0.05, 0) is 67.3 Å². The molecule has 2 N–H and O–H groups in total. The van der Waals surface area contributed by atoms with Crippen LogP contribution in [0.3, 0.4) is 0 Å². The van der Waals surface area contributed by atoms with E-state index in [-0.39, 0.29) is 17.7 Å². The van der Waals surface area contributed by atoms with Gasteiger partial charge in [0, 0.05) is 42.7 Å². The number of aryl methyl sites for hydroxylation is 2. The van der Waals surface area contributed by atoms with Crippen molar-refractivity contribution in [2.45, 2.75) is 26.7 Å². The lowest BCUT2D eigenvalue weighted by Crippen LogP contribution is -2.30. The van der Waals surface area contributed by atoms with Gasteiger partial charge in [-0.1, -0.05) is 36.4 Å². The Bertz CT molecular complexity index is 1410. The number of anilines is 2. The maximum absolute atomic E-state index is 12.6. The highest BCUT2D eigenvalue weighted by Crippen LogP contribution is 2.31. The first-order chi connectivity index (χ1) is 17.9. The van der Waals surface area contributed by atoms with Crippen molar-refractivity contribution < 1.29 is 9.59 Å². The second kappa shape index (κ2) is 10.4. The minimum absolute atomic E-state index is 0.0425. The van der Waals surface area contributed by atoms with Gasteiger partial charge in [-0.2, -0.15) is 0 Å². The molecule has 37 heavy (non-hydrogen) atoms. The van der Waals surface area contributed by atoms with Crippen LogP contribution in [0.2, 0.25) is 0 Å². The fourth-order valence-electron chi connectivity index (χ4n) is 4.71. The Kier molecular flexibility index (Phi) is 6.86. The summed E-state index contributed by atoms with van der Waals surface area (Å²) in [6.07, 6.45) is 1.17. The van der Waals surface area contributed by atoms with E-state index in [0.717, 1.165) is 29.1 Å². The van der Waals surface area contributed by atoms with E-state index < -0.39 is 0 Å². The minimum atomic E-state index is -0.0997. The standard InChI is InChI=1S/C30H31N5O2/c1-19-8-9-21(16-20(19)2)14-15-31-29(37)22-10-12-24(13-11-22)33-30-32-18-23-17-27(36)35(3)26-7-5-4-6-25(26)28(23)34-30/h4-13,16,23H,14-15,17-18H2,1-3H3,(H,31,37)(H,32,33). The molecule has 0 radical (unpaired) electrons. The molecule has 2 aliphatic rings. The van der Waals surface area contributed by atoms with Crippen LogP contribution < -0.4 is 15.5 Å². The van der Waals surface area contributed by atoms with E-state index in [1.54, 1.807) is 24.1 Å². The normalized spacial score (nSPS) is 16.7. The molecular weight excluding hydrogens is 462 g/mol. The van der Waals surface area contributed by atoms with Gasteiger partial charge in [0.05, 0.1) is 17.9 Å². The summed E-state index contributed by atoms with van der Waals surface area (Å²) in [4.78, 5) is 36.3. The van der Waals surface area contributed by atoms with Crippen LogP contribution in [0.15, 0.2) is 76.7 Å². The number of nitrogens with one attached hydrogen (secondary N) is 2. The third kappa shape index (κ3) is 5.31. The highest BCUT2D eigenvalue weighted by atomic mass is 16.2. The summed E-state index contributed by atoms with van der Waals surface area (Å²) in [5.74, 6) is 0.428. The molecule has 0 aliphatic carbocycles. The SMILES string of the molecule is Cc1ccc(CCNC(=O)c2ccc(NC3=NCC4CC(=O)N(C)c5ccccc5C4=N3)cc2)cc1C. The van der Waals surface area contributed by atoms with E-state index >= 15 is 0 Å². The maximum atomic E-state index is 12.6. The number of benzene rings is 3. The van der Waals surface area contributed by atoms with E-state index in [1.165, 1.54) is 16.7 Å². The number of aliphatic imine (C=N–C) groups is 2. The predicted molar refractivity (Wildman–Crippen MR) is 149 cm³/mol. The van der Waals surface area contributed by atoms with Gasteiger partial charge in [0.1, 0.15) is 0 Å². The molecule has 188 valence electrons. The third-order valence-electron chi connectivity index (χ3n) is 7.08. The van der Waals surface area contributed by atoms with Crippen LogP contribution in [-0.4, -0.2) is 43.6 Å². The number of carbonyl (C=O) groups is 2. The van der Waals surface area contributed by atoms with Crippen LogP contribution in [0.1, 0.15) is 39.0 Å². The van der Waals surface area contributed by atoms with Gasteiger partial charge >= 0.3 is 0 Å². The van der Waals surface area contributed by atoms with Crippen LogP contribution in [0.5, 0.6) is 0 Å². The molecule has 1 unspecified atom stereocenters. The number of hydrogen-bond acceptors (Lipinski definition) is 5. The van der Waals surface area contributed by atoms with E-state index in [1.807, 2.05) is 36.4 Å². The van der Waals surface area contributed by atoms with Crippen molar-refractivity contribution >= 4 is 34.9 Å². The zero-order valence-corrected chi connectivity index (χ0v) is 21.4. The van der Waals surface area contributed by atoms with Crippen molar-refractivity contribution in [2.75, 3.05) is 30.4 Å². The van der Waals surface area contributed by atoms with Gasteiger partial charge in [-0.25, -0.2) is 4.99 Å². The summed E-state index contributed by atoms with van der Waals surface area (Å²) in [7, 11) is 1.81. The molecule has 7 nitrogen and oxygen atoms in total. The number of guanidine groups is 1. The Labute approximate surface area is 217 Å². The van der Waals surface area contributed by atoms with E-state index in [0.29, 0.717) is 31.0 Å². The zero-order valence-electron chi connectivity index (χ0n) is 21.4. The lowest BCUT2D eigenvalue weighted by atomic mass is 9.93. The first-order valence-electron chi connectivity index (χ1n) is 12.6. The quantitative estimate of drug-likeness (QED) is 0.548. The molecule has 0 fully saturated rings. The largest absolute Gasteiger partial charge is 0.352 e. The van der Waals surface area contributed by atoms with Crippen molar-refractivity contribution in [3.8, 4) is 0 Å². The van der Waals surface area contributed by atoms with Crippen molar-refractivity contribution in [1.82, 2.24) is 5.32 Å². The van der Waals surface area contributed by atoms with Gasteiger partial charge in [0.25, 0.3) is 5.91 Å². The van der Waals surface area contributed by atoms with Crippen LogP contribution in [0.25, 0.3) is 0 Å². The average Bonchev–Trinajstić information content (AvgIpc) is 3.01. The zero-order chi connectivity index (χ0) is 25.9. The first kappa shape index (κ1) is 24.4. The molecular formula is C30H31N5O2. The molecule has 2 amide bonds. The third-order valence-corrected chi connectivity index (χ3v) is 7.08. The maximum Gasteiger partial charge on any atom is 0.251 e. The van der Waals surface area contributed by atoms with Crippen LogP contribution in [0.4, 0.5) is 11.4 Å². The first-order valence-corrected chi connectivity index (χ1v) is 12.6. The van der Waals surface area contributed by atoms with Crippen LogP contribution in [0, 0.1) is 19.8 Å². The Morgan fingerprint density at radius 3 is 2.59 bits per heavy atom. The summed E-state index contributed by atoms with van der Waals surface area (Å²) in [5.41, 5.74) is 7.85. The van der Waals surface area contributed by atoms with Crippen molar-refractivity contribution in [3.05, 3.63) is 94.5 Å². The smallest absolute Gasteiger partial charge is 0.251 e. The van der Waals surface area contributed by atoms with Gasteiger partial charge in [-0.3, -0.25) is 14.6 Å². The highest BCUT2D eigenvalue weighted by molar-refractivity contribution is 6.18. The fraction of sp³-hybridized carbons (Fsp3) is 0.267. The van der Waals surface area contributed by atoms with Gasteiger partial charge in [0.15, 0.2) is 0 Å². The molecule has 0 aromatic heterocycles. The summed E-state index contributed by atoms with van der Waals surface area (Å²) in [5, 5.41) is 6.26. The number of rotatable bonds is 5. The lowest BCUT2D eigenvalue weighted by molar-refractivity contribution is -0.118. The van der Waals surface area contributed by atoms with Crippen molar-refractivity contribution in [3.63, 3.8) is 0 Å². The highest BCUT2D eigenvalue weighted by Gasteiger charge is 2.32. The number of nitrogens with zero attached hydrogens (tertiary/aromatic N) is 3. The summed E-state index contributed by atoms with van der Waals surface area (Å²) in [6.45, 7) is 5.28. The van der Waals surface area contributed by atoms with Crippen molar-refractivity contribution in [2.24, 2.45) is 15.9 Å². The number of carbonyl (C=O) groups excluding carboxylic acids is 2. The second-order valence-electron chi connectivity index (χ2n) is 9.66. The second-order valence-corrected chi connectivity index (χ2v) is 9.66. The van der Waals surface area contributed by atoms with Crippen molar-refractivity contribution in [1.29, 1.82) is 0 Å². The lowest BCUT2D eigenvalue weighted by Gasteiger charge is -2.20. The summed E-state index contributed by atoms with van der Waals surface area (Å²) in [6, 6.07) is 21.5.